The quantitative estimate of drug-likeness (QED) is 0.791. The lowest BCUT2D eigenvalue weighted by Crippen LogP contribution is -2.16. The normalized spacial score (nSPS) is 34.8. The molecule has 2 fully saturated rings. The van der Waals surface area contributed by atoms with Crippen molar-refractivity contribution < 1.29 is 18.3 Å². The number of fused-ring (bicyclic) bond motifs is 1. The maximum Gasteiger partial charge on any atom is 0.160 e. The Labute approximate surface area is 98.5 Å². The van der Waals surface area contributed by atoms with Gasteiger partial charge < -0.3 is 9.47 Å². The highest BCUT2D eigenvalue weighted by molar-refractivity contribution is 5.38. The number of benzene rings is 1. The van der Waals surface area contributed by atoms with Gasteiger partial charge in [0.1, 0.15) is 11.6 Å². The van der Waals surface area contributed by atoms with Crippen molar-refractivity contribution in [3.8, 4) is 0 Å². The Morgan fingerprint density at radius 2 is 2.00 bits per heavy atom. The van der Waals surface area contributed by atoms with E-state index in [9.17, 15) is 8.78 Å². The topological polar surface area (TPSA) is 18.5 Å². The highest BCUT2D eigenvalue weighted by Gasteiger charge is 2.61. The third-order valence-electron chi connectivity index (χ3n) is 3.96. The van der Waals surface area contributed by atoms with Crippen LogP contribution in [0.3, 0.4) is 0 Å². The molecule has 3 rings (SSSR count). The van der Waals surface area contributed by atoms with Crippen LogP contribution in [0.1, 0.15) is 17.0 Å². The van der Waals surface area contributed by atoms with Crippen molar-refractivity contribution >= 4 is 0 Å². The van der Waals surface area contributed by atoms with Gasteiger partial charge in [-0.2, -0.15) is 0 Å². The van der Waals surface area contributed by atoms with Crippen LogP contribution in [0, 0.1) is 30.4 Å². The summed E-state index contributed by atoms with van der Waals surface area (Å²) in [5, 5.41) is 0. The van der Waals surface area contributed by atoms with Crippen LogP contribution in [-0.2, 0) is 9.47 Å². The number of rotatable bonds is 2. The highest BCUT2D eigenvalue weighted by atomic mass is 19.1. The van der Waals surface area contributed by atoms with Gasteiger partial charge in [-0.05, 0) is 36.1 Å². The van der Waals surface area contributed by atoms with Crippen molar-refractivity contribution in [1.29, 1.82) is 0 Å². The van der Waals surface area contributed by atoms with E-state index >= 15 is 0 Å². The van der Waals surface area contributed by atoms with Crippen LogP contribution in [0.5, 0.6) is 0 Å². The second-order valence-electron chi connectivity index (χ2n) is 4.77. The molecule has 2 nitrogen and oxygen atoms in total. The zero-order valence-electron chi connectivity index (χ0n) is 9.74. The van der Waals surface area contributed by atoms with Gasteiger partial charge in [0.2, 0.25) is 0 Å². The second kappa shape index (κ2) is 3.75. The fraction of sp³-hybridized carbons (Fsp3) is 0.538. The first-order valence-corrected chi connectivity index (χ1v) is 5.74. The van der Waals surface area contributed by atoms with Gasteiger partial charge in [-0.15, -0.1) is 0 Å². The minimum Gasteiger partial charge on any atom is -0.356 e. The first kappa shape index (κ1) is 11.1. The fourth-order valence-electron chi connectivity index (χ4n) is 3.01. The largest absolute Gasteiger partial charge is 0.356 e. The molecule has 1 aliphatic heterocycles. The van der Waals surface area contributed by atoms with Gasteiger partial charge >= 0.3 is 0 Å². The van der Waals surface area contributed by atoms with Gasteiger partial charge in [-0.3, -0.25) is 0 Å². The lowest BCUT2D eigenvalue weighted by molar-refractivity contribution is -0.111. The smallest absolute Gasteiger partial charge is 0.160 e. The van der Waals surface area contributed by atoms with Gasteiger partial charge in [-0.25, -0.2) is 8.78 Å². The zero-order chi connectivity index (χ0) is 12.2. The van der Waals surface area contributed by atoms with Gasteiger partial charge in [0.05, 0.1) is 6.61 Å². The lowest BCUT2D eigenvalue weighted by atomic mass is 10.0. The fourth-order valence-corrected chi connectivity index (χ4v) is 3.01. The molecule has 2 aliphatic rings. The molecule has 0 bridgehead atoms. The molecule has 1 saturated heterocycles. The average molecular weight is 240 g/mol. The monoisotopic (exact) mass is 240 g/mol. The molecule has 1 heterocycles. The van der Waals surface area contributed by atoms with Crippen LogP contribution in [0.15, 0.2) is 12.1 Å². The van der Waals surface area contributed by atoms with Crippen LogP contribution in [0.25, 0.3) is 0 Å². The first-order chi connectivity index (χ1) is 8.15. The maximum atomic E-state index is 13.8. The summed E-state index contributed by atoms with van der Waals surface area (Å²) in [6.45, 7) is 2.20. The minimum absolute atomic E-state index is 0.0457. The summed E-state index contributed by atoms with van der Waals surface area (Å²) in [7, 11) is 1.58. The summed E-state index contributed by atoms with van der Waals surface area (Å²) in [5.74, 6) is -0.172. The van der Waals surface area contributed by atoms with Gasteiger partial charge in [0.15, 0.2) is 6.29 Å². The van der Waals surface area contributed by atoms with E-state index in [1.807, 2.05) is 0 Å². The van der Waals surface area contributed by atoms with Crippen molar-refractivity contribution in [1.82, 2.24) is 0 Å². The summed E-state index contributed by atoms with van der Waals surface area (Å²) in [5.41, 5.74) is 0.921. The molecular weight excluding hydrogens is 226 g/mol. The molecule has 92 valence electrons. The molecule has 1 aromatic rings. The third kappa shape index (κ3) is 1.51. The summed E-state index contributed by atoms with van der Waals surface area (Å²) in [6.07, 6.45) is -0.271. The molecule has 17 heavy (non-hydrogen) atoms. The highest BCUT2D eigenvalue weighted by Crippen LogP contribution is 2.61. The van der Waals surface area contributed by atoms with E-state index in [-0.39, 0.29) is 35.7 Å². The molecule has 4 atom stereocenters. The van der Waals surface area contributed by atoms with E-state index in [0.29, 0.717) is 17.7 Å². The van der Waals surface area contributed by atoms with Crippen molar-refractivity contribution in [2.75, 3.05) is 13.7 Å². The Balaban J connectivity index is 1.95. The van der Waals surface area contributed by atoms with E-state index in [1.165, 1.54) is 12.1 Å². The standard InChI is InChI=1S/C13H14F2O2/c1-6-8(14)3-4-9(15)10(6)11-7-5-17-13(16-2)12(7)11/h3-4,7,11-13H,5H2,1-2H3/t7-,11-,12-,13?/m1/s1. The van der Waals surface area contributed by atoms with E-state index in [0.717, 1.165) is 0 Å². The van der Waals surface area contributed by atoms with Crippen LogP contribution in [-0.4, -0.2) is 20.0 Å². The van der Waals surface area contributed by atoms with Crippen molar-refractivity contribution in [3.63, 3.8) is 0 Å². The van der Waals surface area contributed by atoms with E-state index in [1.54, 1.807) is 14.0 Å². The zero-order valence-corrected chi connectivity index (χ0v) is 9.74. The molecule has 1 aromatic carbocycles. The molecule has 4 heteroatoms. The molecule has 0 aromatic heterocycles. The van der Waals surface area contributed by atoms with E-state index < -0.39 is 0 Å². The Hall–Kier alpha value is -1.00. The van der Waals surface area contributed by atoms with Crippen LogP contribution < -0.4 is 0 Å². The molecule has 1 saturated carbocycles. The Kier molecular flexibility index (Phi) is 2.45. The number of methoxy groups -OCH3 is 1. The molecule has 1 aliphatic carbocycles. The van der Waals surface area contributed by atoms with Crippen molar-refractivity contribution in [3.05, 3.63) is 34.9 Å². The predicted octanol–water partition coefficient (Wildman–Crippen LogP) is 2.61. The van der Waals surface area contributed by atoms with Crippen molar-refractivity contribution in [2.45, 2.75) is 19.1 Å². The number of ether oxygens (including phenoxy) is 2. The van der Waals surface area contributed by atoms with Crippen LogP contribution in [0.2, 0.25) is 0 Å². The lowest BCUT2D eigenvalue weighted by Gasteiger charge is -2.15. The first-order valence-electron chi connectivity index (χ1n) is 5.74. The Morgan fingerprint density at radius 1 is 1.29 bits per heavy atom. The average Bonchev–Trinajstić information content (AvgIpc) is 2.85. The third-order valence-corrected chi connectivity index (χ3v) is 3.96. The molecule has 0 radical (unpaired) electrons. The Morgan fingerprint density at radius 3 is 2.71 bits per heavy atom. The van der Waals surface area contributed by atoms with Crippen LogP contribution >= 0.6 is 0 Å². The number of hydrogen-bond donors (Lipinski definition) is 0. The molecule has 1 unspecified atom stereocenters. The van der Waals surface area contributed by atoms with Crippen molar-refractivity contribution in [2.24, 2.45) is 11.8 Å². The molecule has 0 N–H and O–H groups in total. The summed E-state index contributed by atoms with van der Waals surface area (Å²) in [4.78, 5) is 0. The molecular formula is C13H14F2O2. The summed E-state index contributed by atoms with van der Waals surface area (Å²) >= 11 is 0. The summed E-state index contributed by atoms with van der Waals surface area (Å²) in [6, 6.07) is 2.38. The van der Waals surface area contributed by atoms with Gasteiger partial charge in [0.25, 0.3) is 0 Å². The number of hydrogen-bond acceptors (Lipinski definition) is 2. The van der Waals surface area contributed by atoms with Crippen LogP contribution in [0.4, 0.5) is 8.78 Å². The predicted molar refractivity (Wildman–Crippen MR) is 57.6 cm³/mol. The van der Waals surface area contributed by atoms with Gasteiger partial charge in [-0.1, -0.05) is 0 Å². The van der Waals surface area contributed by atoms with E-state index in [2.05, 4.69) is 0 Å². The second-order valence-corrected chi connectivity index (χ2v) is 4.77. The minimum atomic E-state index is -0.346. The summed E-state index contributed by atoms with van der Waals surface area (Å²) < 4.78 is 37.9. The number of halogens is 2. The molecule has 0 amide bonds. The SMILES string of the molecule is COC1OC[C@@H]2[C@H](c3c(F)ccc(F)c3C)[C@H]12. The van der Waals surface area contributed by atoms with E-state index in [4.69, 9.17) is 9.47 Å². The van der Waals surface area contributed by atoms with Gasteiger partial charge in [0, 0.05) is 18.9 Å². The Bertz CT molecular complexity index is 461. The maximum absolute atomic E-state index is 13.8. The molecule has 0 spiro atoms.